The van der Waals surface area contributed by atoms with Crippen LogP contribution >= 0.6 is 11.6 Å². The van der Waals surface area contributed by atoms with Crippen LogP contribution in [0.1, 0.15) is 0 Å². The summed E-state index contributed by atoms with van der Waals surface area (Å²) in [7, 11) is -1.75. The van der Waals surface area contributed by atoms with Crippen LogP contribution in [0.5, 0.6) is 0 Å². The standard InChI is InChI=1S/C19H20ClN3O2S/c1-22-13-19(26(24,25)16-5-2-14(20)3-6-16)17-12-15(4-7-18(17)22)23-10-8-21-9-11-23/h2-7,12-13,21H,8-11H2,1H3. The zero-order valence-corrected chi connectivity index (χ0v) is 16.0. The van der Waals surface area contributed by atoms with Crippen molar-refractivity contribution < 1.29 is 8.42 Å². The number of nitrogens with zero attached hydrogens (tertiary/aromatic N) is 2. The highest BCUT2D eigenvalue weighted by molar-refractivity contribution is 7.91. The fraction of sp³-hybridized carbons (Fsp3) is 0.263. The van der Waals surface area contributed by atoms with Gasteiger partial charge in [-0.2, -0.15) is 0 Å². The number of piperazine rings is 1. The summed E-state index contributed by atoms with van der Waals surface area (Å²) in [5, 5.41) is 4.60. The lowest BCUT2D eigenvalue weighted by Gasteiger charge is -2.29. The van der Waals surface area contributed by atoms with Crippen molar-refractivity contribution in [3.8, 4) is 0 Å². The highest BCUT2D eigenvalue weighted by Gasteiger charge is 2.23. The van der Waals surface area contributed by atoms with E-state index >= 15 is 0 Å². The quantitative estimate of drug-likeness (QED) is 0.748. The average molecular weight is 390 g/mol. The van der Waals surface area contributed by atoms with Crippen LogP contribution < -0.4 is 10.2 Å². The average Bonchev–Trinajstić information content (AvgIpc) is 3.00. The molecule has 136 valence electrons. The predicted octanol–water partition coefficient (Wildman–Crippen LogP) is 3.07. The molecule has 0 radical (unpaired) electrons. The zero-order chi connectivity index (χ0) is 18.3. The Kier molecular flexibility index (Phi) is 4.42. The molecule has 0 spiro atoms. The van der Waals surface area contributed by atoms with Crippen LogP contribution in [0.3, 0.4) is 0 Å². The molecule has 1 N–H and O–H groups in total. The SMILES string of the molecule is Cn1cc(S(=O)(=O)c2ccc(Cl)cc2)c2cc(N3CCNCC3)ccc21. The van der Waals surface area contributed by atoms with Gasteiger partial charge in [0.25, 0.3) is 0 Å². The molecule has 0 unspecified atom stereocenters. The molecule has 3 aromatic rings. The Hall–Kier alpha value is -2.02. The van der Waals surface area contributed by atoms with Gasteiger partial charge in [0, 0.05) is 61.0 Å². The normalized spacial score (nSPS) is 15.5. The molecule has 26 heavy (non-hydrogen) atoms. The molecule has 1 aliphatic heterocycles. The van der Waals surface area contributed by atoms with Crippen molar-refractivity contribution in [3.05, 3.63) is 53.7 Å². The first kappa shape index (κ1) is 17.4. The van der Waals surface area contributed by atoms with E-state index < -0.39 is 9.84 Å². The molecule has 1 aromatic heterocycles. The van der Waals surface area contributed by atoms with E-state index in [0.717, 1.165) is 42.8 Å². The Morgan fingerprint density at radius 1 is 1.04 bits per heavy atom. The van der Waals surface area contributed by atoms with Gasteiger partial charge >= 0.3 is 0 Å². The van der Waals surface area contributed by atoms with Gasteiger partial charge in [0.05, 0.1) is 9.79 Å². The van der Waals surface area contributed by atoms with Crippen LogP contribution in [0.25, 0.3) is 10.9 Å². The number of anilines is 1. The van der Waals surface area contributed by atoms with E-state index in [1.165, 1.54) is 0 Å². The molecule has 2 heterocycles. The number of sulfone groups is 1. The van der Waals surface area contributed by atoms with E-state index in [1.54, 1.807) is 30.5 Å². The van der Waals surface area contributed by atoms with Crippen molar-refractivity contribution in [2.24, 2.45) is 7.05 Å². The molecule has 0 aliphatic carbocycles. The highest BCUT2D eigenvalue weighted by atomic mass is 35.5. The summed E-state index contributed by atoms with van der Waals surface area (Å²) in [5.41, 5.74) is 1.95. The number of hydrogen-bond acceptors (Lipinski definition) is 4. The van der Waals surface area contributed by atoms with Gasteiger partial charge < -0.3 is 14.8 Å². The monoisotopic (exact) mass is 389 g/mol. The largest absolute Gasteiger partial charge is 0.369 e. The molecule has 1 aliphatic rings. The van der Waals surface area contributed by atoms with Crippen LogP contribution in [-0.2, 0) is 16.9 Å². The zero-order valence-electron chi connectivity index (χ0n) is 14.4. The number of benzene rings is 2. The van der Waals surface area contributed by atoms with E-state index in [-0.39, 0.29) is 4.90 Å². The van der Waals surface area contributed by atoms with Gasteiger partial charge in [-0.15, -0.1) is 0 Å². The lowest BCUT2D eigenvalue weighted by molar-refractivity contribution is 0.589. The number of halogens is 1. The summed E-state index contributed by atoms with van der Waals surface area (Å²) in [6, 6.07) is 12.4. The van der Waals surface area contributed by atoms with Crippen LogP contribution in [-0.4, -0.2) is 39.2 Å². The maximum atomic E-state index is 13.2. The minimum Gasteiger partial charge on any atom is -0.369 e. The predicted molar refractivity (Wildman–Crippen MR) is 105 cm³/mol. The summed E-state index contributed by atoms with van der Waals surface area (Å²) < 4.78 is 28.2. The summed E-state index contributed by atoms with van der Waals surface area (Å²) in [4.78, 5) is 2.86. The molecule has 4 rings (SSSR count). The van der Waals surface area contributed by atoms with Crippen LogP contribution in [0.4, 0.5) is 5.69 Å². The van der Waals surface area contributed by atoms with Crippen LogP contribution in [0.2, 0.25) is 5.02 Å². The third kappa shape index (κ3) is 2.98. The minimum absolute atomic E-state index is 0.252. The first-order valence-electron chi connectivity index (χ1n) is 8.52. The number of aromatic nitrogens is 1. The maximum Gasteiger partial charge on any atom is 0.208 e. The second kappa shape index (κ2) is 6.61. The van der Waals surface area contributed by atoms with Crippen LogP contribution in [0, 0.1) is 0 Å². The van der Waals surface area contributed by atoms with E-state index in [0.29, 0.717) is 9.92 Å². The Balaban J connectivity index is 1.85. The first-order chi connectivity index (χ1) is 12.5. The molecule has 1 saturated heterocycles. The number of aryl methyl sites for hydroxylation is 1. The van der Waals surface area contributed by atoms with Crippen LogP contribution in [0.15, 0.2) is 58.5 Å². The molecule has 0 saturated carbocycles. The topological polar surface area (TPSA) is 54.3 Å². The molecular weight excluding hydrogens is 370 g/mol. The smallest absolute Gasteiger partial charge is 0.208 e. The lowest BCUT2D eigenvalue weighted by atomic mass is 10.2. The van der Waals surface area contributed by atoms with Crippen molar-refractivity contribution >= 4 is 38.0 Å². The van der Waals surface area contributed by atoms with Crippen molar-refractivity contribution in [2.75, 3.05) is 31.1 Å². The highest BCUT2D eigenvalue weighted by Crippen LogP contribution is 2.33. The Bertz CT molecular complexity index is 1050. The molecule has 0 amide bonds. The first-order valence-corrected chi connectivity index (χ1v) is 10.4. The van der Waals surface area contributed by atoms with Gasteiger partial charge in [-0.05, 0) is 42.5 Å². The van der Waals surface area contributed by atoms with Crippen molar-refractivity contribution in [2.45, 2.75) is 9.79 Å². The molecule has 1 fully saturated rings. The van der Waals surface area contributed by atoms with Gasteiger partial charge in [0.1, 0.15) is 0 Å². The van der Waals surface area contributed by atoms with Gasteiger partial charge in [-0.1, -0.05) is 11.6 Å². The lowest BCUT2D eigenvalue weighted by Crippen LogP contribution is -2.43. The Labute approximate surface area is 158 Å². The number of fused-ring (bicyclic) bond motifs is 1. The van der Waals surface area contributed by atoms with Gasteiger partial charge in [-0.3, -0.25) is 0 Å². The maximum absolute atomic E-state index is 13.2. The molecule has 0 bridgehead atoms. The number of nitrogens with one attached hydrogen (secondary N) is 1. The van der Waals surface area contributed by atoms with Crippen molar-refractivity contribution in [1.82, 2.24) is 9.88 Å². The molecular formula is C19H20ClN3O2S. The molecule has 0 atom stereocenters. The third-order valence-electron chi connectivity index (χ3n) is 4.83. The van der Waals surface area contributed by atoms with E-state index in [9.17, 15) is 8.42 Å². The molecule has 7 heteroatoms. The van der Waals surface area contributed by atoms with E-state index in [1.807, 2.05) is 23.7 Å². The van der Waals surface area contributed by atoms with Gasteiger partial charge in [-0.25, -0.2) is 8.42 Å². The third-order valence-corrected chi connectivity index (χ3v) is 6.88. The fourth-order valence-electron chi connectivity index (χ4n) is 3.42. The van der Waals surface area contributed by atoms with Gasteiger partial charge in [0.15, 0.2) is 0 Å². The summed E-state index contributed by atoms with van der Waals surface area (Å²) in [6.45, 7) is 3.70. The Morgan fingerprint density at radius 3 is 2.42 bits per heavy atom. The number of rotatable bonds is 3. The van der Waals surface area contributed by atoms with Gasteiger partial charge in [0.2, 0.25) is 9.84 Å². The second-order valence-electron chi connectivity index (χ2n) is 6.50. The van der Waals surface area contributed by atoms with E-state index in [2.05, 4.69) is 16.3 Å². The van der Waals surface area contributed by atoms with Crippen molar-refractivity contribution in [1.29, 1.82) is 0 Å². The summed E-state index contributed by atoms with van der Waals surface area (Å²) >= 11 is 5.90. The second-order valence-corrected chi connectivity index (χ2v) is 8.85. The summed E-state index contributed by atoms with van der Waals surface area (Å²) in [6.07, 6.45) is 1.69. The van der Waals surface area contributed by atoms with E-state index in [4.69, 9.17) is 11.6 Å². The molecule has 2 aromatic carbocycles. The summed E-state index contributed by atoms with van der Waals surface area (Å²) in [5.74, 6) is 0. The van der Waals surface area contributed by atoms with Crippen molar-refractivity contribution in [3.63, 3.8) is 0 Å². The fourth-order valence-corrected chi connectivity index (χ4v) is 5.04. The molecule has 5 nitrogen and oxygen atoms in total. The Morgan fingerprint density at radius 2 is 1.73 bits per heavy atom. The number of hydrogen-bond donors (Lipinski definition) is 1. The minimum atomic E-state index is -3.62.